The largest absolute Gasteiger partial charge is 0.454 e. The Bertz CT molecular complexity index is 761. The number of benzene rings is 1. The van der Waals surface area contributed by atoms with Gasteiger partial charge in [-0.15, -0.1) is 0 Å². The molecule has 9 heteroatoms. The van der Waals surface area contributed by atoms with Gasteiger partial charge in [0.15, 0.2) is 17.3 Å². The monoisotopic (exact) mass is 362 g/mol. The molecule has 0 unspecified atom stereocenters. The second-order valence-electron chi connectivity index (χ2n) is 6.04. The Balaban J connectivity index is 1.65. The van der Waals surface area contributed by atoms with E-state index in [0.717, 1.165) is 5.56 Å². The first-order valence-electron chi connectivity index (χ1n) is 8.22. The molecular formula is C17H22N4O5. The highest BCUT2D eigenvalue weighted by Gasteiger charge is 2.25. The number of amides is 1. The van der Waals surface area contributed by atoms with Crippen LogP contribution in [0.3, 0.4) is 0 Å². The maximum atomic E-state index is 12.7. The molecule has 2 heterocycles. The molecule has 0 saturated heterocycles. The zero-order valence-corrected chi connectivity index (χ0v) is 15.0. The van der Waals surface area contributed by atoms with Gasteiger partial charge in [-0.25, -0.2) is 0 Å². The molecule has 1 aromatic heterocycles. The molecule has 2 aromatic rings. The van der Waals surface area contributed by atoms with Crippen LogP contribution >= 0.6 is 0 Å². The van der Waals surface area contributed by atoms with Gasteiger partial charge in [0.05, 0.1) is 19.6 Å². The third kappa shape index (κ3) is 4.12. The fourth-order valence-corrected chi connectivity index (χ4v) is 2.68. The van der Waals surface area contributed by atoms with Crippen molar-refractivity contribution in [3.63, 3.8) is 0 Å². The number of ether oxygens (including phenoxy) is 3. The number of methoxy groups -OCH3 is 1. The van der Waals surface area contributed by atoms with Gasteiger partial charge in [0.25, 0.3) is 0 Å². The molecule has 3 rings (SSSR count). The van der Waals surface area contributed by atoms with E-state index in [1.807, 2.05) is 37.2 Å². The summed E-state index contributed by atoms with van der Waals surface area (Å²) >= 11 is 0. The van der Waals surface area contributed by atoms with Crippen LogP contribution in [0.5, 0.6) is 11.5 Å². The lowest BCUT2D eigenvalue weighted by Gasteiger charge is -2.23. The highest BCUT2D eigenvalue weighted by atomic mass is 16.7. The molecule has 0 bridgehead atoms. The van der Waals surface area contributed by atoms with E-state index >= 15 is 0 Å². The minimum absolute atomic E-state index is 0.169. The molecule has 0 saturated carbocycles. The van der Waals surface area contributed by atoms with Crippen molar-refractivity contribution in [3.05, 3.63) is 35.5 Å². The second kappa shape index (κ2) is 8.15. The number of hydrogen-bond acceptors (Lipinski definition) is 8. The molecule has 1 atom stereocenters. The summed E-state index contributed by atoms with van der Waals surface area (Å²) in [5.41, 5.74) is 0.811. The Hall–Kier alpha value is -2.65. The first kappa shape index (κ1) is 18.2. The van der Waals surface area contributed by atoms with Crippen LogP contribution in [0.2, 0.25) is 0 Å². The number of hydrogen-bond donors (Lipinski definition) is 1. The number of rotatable bonds is 8. The minimum Gasteiger partial charge on any atom is -0.454 e. The third-order valence-corrected chi connectivity index (χ3v) is 3.93. The Kier molecular flexibility index (Phi) is 5.69. The highest BCUT2D eigenvalue weighted by Crippen LogP contribution is 2.35. The number of likely N-dealkylation sites (N-methyl/N-ethyl adjacent to an activating group) is 1. The van der Waals surface area contributed by atoms with Gasteiger partial charge in [0.2, 0.25) is 18.6 Å². The van der Waals surface area contributed by atoms with Crippen molar-refractivity contribution in [2.24, 2.45) is 0 Å². The summed E-state index contributed by atoms with van der Waals surface area (Å²) in [6.07, 6.45) is 0.537. The van der Waals surface area contributed by atoms with Gasteiger partial charge >= 0.3 is 0 Å². The Labute approximate surface area is 151 Å². The molecule has 9 nitrogen and oxygen atoms in total. The summed E-state index contributed by atoms with van der Waals surface area (Å²) in [5, 5.41) is 6.71. The third-order valence-electron chi connectivity index (χ3n) is 3.93. The number of nitrogens with zero attached hydrogens (tertiary/aromatic N) is 3. The number of aromatic nitrogens is 2. The molecule has 1 amide bonds. The Morgan fingerprint density at radius 3 is 2.92 bits per heavy atom. The summed E-state index contributed by atoms with van der Waals surface area (Å²) < 4.78 is 20.8. The van der Waals surface area contributed by atoms with Gasteiger partial charge in [-0.2, -0.15) is 4.98 Å². The summed E-state index contributed by atoms with van der Waals surface area (Å²) in [7, 11) is 5.28. The van der Waals surface area contributed by atoms with Crippen molar-refractivity contribution in [1.82, 2.24) is 20.4 Å². The van der Waals surface area contributed by atoms with Gasteiger partial charge < -0.3 is 24.1 Å². The van der Waals surface area contributed by atoms with E-state index in [2.05, 4.69) is 15.5 Å². The minimum atomic E-state index is -0.482. The van der Waals surface area contributed by atoms with Crippen LogP contribution in [0, 0.1) is 0 Å². The van der Waals surface area contributed by atoms with Crippen LogP contribution in [0.4, 0.5) is 0 Å². The van der Waals surface area contributed by atoms with Crippen LogP contribution in [0.15, 0.2) is 22.7 Å². The summed E-state index contributed by atoms with van der Waals surface area (Å²) in [4.78, 5) is 18.8. The number of fused-ring (bicyclic) bond motifs is 1. The van der Waals surface area contributed by atoms with E-state index in [-0.39, 0.29) is 19.2 Å². The first-order chi connectivity index (χ1) is 12.6. The van der Waals surface area contributed by atoms with E-state index in [4.69, 9.17) is 18.7 Å². The maximum Gasteiger partial charge on any atom is 0.242 e. The van der Waals surface area contributed by atoms with Crippen LogP contribution in [0.1, 0.15) is 23.3 Å². The van der Waals surface area contributed by atoms with Gasteiger partial charge in [-0.3, -0.25) is 9.69 Å². The number of carbonyl (C=O) groups is 1. The molecule has 140 valence electrons. The molecule has 1 N–H and O–H groups in total. The lowest BCUT2D eigenvalue weighted by Crippen LogP contribution is -2.36. The fraction of sp³-hybridized carbons (Fsp3) is 0.471. The molecule has 1 aromatic carbocycles. The van der Waals surface area contributed by atoms with Gasteiger partial charge in [-0.1, -0.05) is 11.2 Å². The van der Waals surface area contributed by atoms with Crippen LogP contribution in [0.25, 0.3) is 0 Å². The van der Waals surface area contributed by atoms with Crippen molar-refractivity contribution in [2.75, 3.05) is 34.6 Å². The quantitative estimate of drug-likeness (QED) is 0.740. The predicted molar refractivity (Wildman–Crippen MR) is 90.7 cm³/mol. The van der Waals surface area contributed by atoms with E-state index in [0.29, 0.717) is 36.2 Å². The molecule has 0 fully saturated rings. The van der Waals surface area contributed by atoms with E-state index in [9.17, 15) is 4.79 Å². The second-order valence-corrected chi connectivity index (χ2v) is 6.04. The summed E-state index contributed by atoms with van der Waals surface area (Å²) in [6, 6.07) is 5.01. The SMILES string of the molecule is COCCc1nc(CNC(=O)[C@@H](c2ccc3c(c2)OCO3)N(C)C)no1. The Morgan fingerprint density at radius 2 is 2.15 bits per heavy atom. The standard InChI is InChI=1S/C17H22N4O5/c1-21(2)16(11-4-5-12-13(8-11)25-10-24-12)17(22)18-9-14-19-15(26-20-14)6-7-23-3/h4-5,8,16H,6-7,9-10H2,1-3H3,(H,18,22)/t16-/m1/s1. The van der Waals surface area contributed by atoms with Gasteiger partial charge in [0, 0.05) is 7.11 Å². The van der Waals surface area contributed by atoms with Crippen LogP contribution < -0.4 is 14.8 Å². The van der Waals surface area contributed by atoms with Crippen molar-refractivity contribution in [1.29, 1.82) is 0 Å². The molecule has 1 aliphatic heterocycles. The predicted octanol–water partition coefficient (Wildman–Crippen LogP) is 0.906. The fourth-order valence-electron chi connectivity index (χ4n) is 2.68. The molecule has 0 aliphatic carbocycles. The smallest absolute Gasteiger partial charge is 0.242 e. The van der Waals surface area contributed by atoms with E-state index in [1.165, 1.54) is 0 Å². The van der Waals surface area contributed by atoms with Crippen molar-refractivity contribution in [3.8, 4) is 11.5 Å². The molecule has 26 heavy (non-hydrogen) atoms. The van der Waals surface area contributed by atoms with Gasteiger partial charge in [-0.05, 0) is 31.8 Å². The normalized spacial score (nSPS) is 13.8. The molecule has 1 aliphatic rings. The van der Waals surface area contributed by atoms with Crippen molar-refractivity contribution in [2.45, 2.75) is 19.0 Å². The number of carbonyl (C=O) groups excluding carboxylic acids is 1. The van der Waals surface area contributed by atoms with Gasteiger partial charge in [0.1, 0.15) is 6.04 Å². The average molecular weight is 362 g/mol. The molecule has 0 spiro atoms. The van der Waals surface area contributed by atoms with Crippen LogP contribution in [-0.4, -0.2) is 55.6 Å². The lowest BCUT2D eigenvalue weighted by atomic mass is 10.0. The number of nitrogens with one attached hydrogen (secondary N) is 1. The molecule has 0 radical (unpaired) electrons. The maximum absolute atomic E-state index is 12.7. The van der Waals surface area contributed by atoms with Crippen LogP contribution in [-0.2, 0) is 22.5 Å². The van der Waals surface area contributed by atoms with E-state index < -0.39 is 6.04 Å². The average Bonchev–Trinajstić information content (AvgIpc) is 3.26. The first-order valence-corrected chi connectivity index (χ1v) is 8.22. The lowest BCUT2D eigenvalue weighted by molar-refractivity contribution is -0.126. The van der Waals surface area contributed by atoms with E-state index in [1.54, 1.807) is 7.11 Å². The topological polar surface area (TPSA) is 99.0 Å². The summed E-state index contributed by atoms with van der Waals surface area (Å²) in [5.74, 6) is 2.06. The molecular weight excluding hydrogens is 340 g/mol. The van der Waals surface area contributed by atoms with Crippen molar-refractivity contribution < 1.29 is 23.5 Å². The summed E-state index contributed by atoms with van der Waals surface area (Å²) in [6.45, 7) is 0.881. The van der Waals surface area contributed by atoms with Crippen molar-refractivity contribution >= 4 is 5.91 Å². The zero-order valence-electron chi connectivity index (χ0n) is 15.0. The highest BCUT2D eigenvalue weighted by molar-refractivity contribution is 5.83. The zero-order chi connectivity index (χ0) is 18.5. The Morgan fingerprint density at radius 1 is 1.35 bits per heavy atom.